The van der Waals surface area contributed by atoms with E-state index in [9.17, 15) is 12.8 Å². The Kier molecular flexibility index (Phi) is 4.96. The molecule has 0 aliphatic carbocycles. The fraction of sp³-hybridized carbons (Fsp3) is 0.474. The Hall–Kier alpha value is -1.90. The summed E-state index contributed by atoms with van der Waals surface area (Å²) in [6, 6.07) is 4.09. The minimum atomic E-state index is -3.68. The average molecular weight is 390 g/mol. The van der Waals surface area contributed by atoms with Gasteiger partial charge in [0, 0.05) is 56.0 Å². The number of hydrogen-bond donors (Lipinski definition) is 1. The zero-order valence-electron chi connectivity index (χ0n) is 15.3. The van der Waals surface area contributed by atoms with Gasteiger partial charge in [-0.2, -0.15) is 4.31 Å². The van der Waals surface area contributed by atoms with Gasteiger partial charge in [-0.1, -0.05) is 6.07 Å². The Bertz CT molecular complexity index is 956. The molecule has 0 atom stereocenters. The van der Waals surface area contributed by atoms with Crippen LogP contribution in [-0.2, 0) is 23.0 Å². The molecule has 0 saturated carbocycles. The van der Waals surface area contributed by atoms with Gasteiger partial charge in [0.05, 0.1) is 4.90 Å². The van der Waals surface area contributed by atoms with Gasteiger partial charge in [-0.25, -0.2) is 22.8 Å². The number of nitrogens with zero attached hydrogens (tertiary/aromatic N) is 3. The first kappa shape index (κ1) is 18.5. The number of piperidine rings is 1. The van der Waals surface area contributed by atoms with Crippen molar-refractivity contribution in [1.29, 1.82) is 0 Å². The number of hydrogen-bond acceptors (Lipinski definition) is 5. The maximum Gasteiger partial charge on any atom is 0.243 e. The number of halogens is 1. The van der Waals surface area contributed by atoms with Crippen molar-refractivity contribution in [3.8, 4) is 0 Å². The highest BCUT2D eigenvalue weighted by molar-refractivity contribution is 7.89. The Morgan fingerprint density at radius 3 is 2.78 bits per heavy atom. The van der Waals surface area contributed by atoms with E-state index in [0.29, 0.717) is 31.5 Å². The van der Waals surface area contributed by atoms with Crippen molar-refractivity contribution in [3.63, 3.8) is 0 Å². The maximum atomic E-state index is 13.8. The third-order valence-corrected chi connectivity index (χ3v) is 7.32. The fourth-order valence-electron chi connectivity index (χ4n) is 3.69. The second-order valence-corrected chi connectivity index (χ2v) is 9.15. The minimum Gasteiger partial charge on any atom is -0.312 e. The first-order chi connectivity index (χ1) is 12.9. The SMILES string of the molecule is Cc1ccc(S(=O)(=O)N2CCC(c3ncc4c(n3)CCNC4)CC2)cc1F. The molecule has 4 rings (SSSR count). The molecule has 1 saturated heterocycles. The molecular weight excluding hydrogens is 367 g/mol. The van der Waals surface area contributed by atoms with Gasteiger partial charge in [0.25, 0.3) is 0 Å². The van der Waals surface area contributed by atoms with Crippen LogP contribution in [0.15, 0.2) is 29.3 Å². The lowest BCUT2D eigenvalue weighted by Crippen LogP contribution is -2.38. The van der Waals surface area contributed by atoms with Crippen LogP contribution in [0, 0.1) is 12.7 Å². The summed E-state index contributed by atoms with van der Waals surface area (Å²) >= 11 is 0. The molecule has 0 amide bonds. The second kappa shape index (κ2) is 7.26. The molecule has 1 N–H and O–H groups in total. The van der Waals surface area contributed by atoms with E-state index in [0.717, 1.165) is 42.7 Å². The van der Waals surface area contributed by atoms with Crippen LogP contribution < -0.4 is 5.32 Å². The standard InChI is InChI=1S/C19H23FN4O2S/c1-13-2-3-16(10-17(13)20)27(25,26)24-8-5-14(6-9-24)19-22-12-15-11-21-7-4-18(15)23-19/h2-3,10,12,14,21H,4-9,11H2,1H3. The van der Waals surface area contributed by atoms with Crippen LogP contribution >= 0.6 is 0 Å². The molecule has 3 heterocycles. The summed E-state index contributed by atoms with van der Waals surface area (Å²) in [5, 5.41) is 3.31. The van der Waals surface area contributed by atoms with E-state index < -0.39 is 15.8 Å². The third-order valence-electron chi connectivity index (χ3n) is 5.43. The van der Waals surface area contributed by atoms with E-state index in [2.05, 4.69) is 10.3 Å². The van der Waals surface area contributed by atoms with Crippen LogP contribution in [0.3, 0.4) is 0 Å². The molecule has 0 bridgehead atoms. The summed E-state index contributed by atoms with van der Waals surface area (Å²) in [5.41, 5.74) is 2.68. The van der Waals surface area contributed by atoms with Crippen molar-refractivity contribution in [3.05, 3.63) is 52.9 Å². The van der Waals surface area contributed by atoms with E-state index in [1.807, 2.05) is 6.20 Å². The quantitative estimate of drug-likeness (QED) is 0.869. The van der Waals surface area contributed by atoms with Gasteiger partial charge in [-0.15, -0.1) is 0 Å². The molecule has 2 aromatic rings. The van der Waals surface area contributed by atoms with Crippen LogP contribution in [0.1, 0.15) is 41.4 Å². The molecule has 6 nitrogen and oxygen atoms in total. The van der Waals surface area contributed by atoms with E-state index in [1.165, 1.54) is 16.4 Å². The number of sulfonamides is 1. The molecule has 0 spiro atoms. The van der Waals surface area contributed by atoms with Crippen LogP contribution in [0.2, 0.25) is 0 Å². The number of rotatable bonds is 3. The van der Waals surface area contributed by atoms with Gasteiger partial charge in [-0.05, 0) is 37.5 Å². The van der Waals surface area contributed by atoms with Crippen molar-refractivity contribution in [2.24, 2.45) is 0 Å². The Morgan fingerprint density at radius 1 is 1.26 bits per heavy atom. The molecule has 2 aliphatic rings. The van der Waals surface area contributed by atoms with Crippen molar-refractivity contribution >= 4 is 10.0 Å². The van der Waals surface area contributed by atoms with Gasteiger partial charge in [-0.3, -0.25) is 0 Å². The summed E-state index contributed by atoms with van der Waals surface area (Å²) in [4.78, 5) is 9.26. The van der Waals surface area contributed by atoms with E-state index in [1.54, 1.807) is 6.92 Å². The van der Waals surface area contributed by atoms with Crippen molar-refractivity contribution in [2.75, 3.05) is 19.6 Å². The molecule has 0 unspecified atom stereocenters. The smallest absolute Gasteiger partial charge is 0.243 e. The number of benzene rings is 1. The van der Waals surface area contributed by atoms with Crippen molar-refractivity contribution in [1.82, 2.24) is 19.6 Å². The zero-order chi connectivity index (χ0) is 19.0. The first-order valence-corrected chi connectivity index (χ1v) is 10.7. The summed E-state index contributed by atoms with van der Waals surface area (Å²) in [6.45, 7) is 4.13. The summed E-state index contributed by atoms with van der Waals surface area (Å²) in [6.07, 6.45) is 4.13. The lowest BCUT2D eigenvalue weighted by molar-refractivity contribution is 0.312. The molecule has 27 heavy (non-hydrogen) atoms. The van der Waals surface area contributed by atoms with E-state index in [-0.39, 0.29) is 10.8 Å². The third kappa shape index (κ3) is 3.61. The minimum absolute atomic E-state index is 0.0154. The van der Waals surface area contributed by atoms with E-state index in [4.69, 9.17) is 4.98 Å². The molecule has 2 aliphatic heterocycles. The maximum absolute atomic E-state index is 13.8. The van der Waals surface area contributed by atoms with Crippen LogP contribution in [0.25, 0.3) is 0 Å². The number of aromatic nitrogens is 2. The normalized spacial score (nSPS) is 19.0. The zero-order valence-corrected chi connectivity index (χ0v) is 16.1. The van der Waals surface area contributed by atoms with Crippen LogP contribution in [-0.4, -0.2) is 42.3 Å². The Morgan fingerprint density at radius 2 is 2.04 bits per heavy atom. The molecule has 1 aromatic heterocycles. The van der Waals surface area contributed by atoms with Gasteiger partial charge >= 0.3 is 0 Å². The highest BCUT2D eigenvalue weighted by Crippen LogP contribution is 2.30. The highest BCUT2D eigenvalue weighted by Gasteiger charge is 2.31. The summed E-state index contributed by atoms with van der Waals surface area (Å²) in [5.74, 6) is 0.475. The van der Waals surface area contributed by atoms with Crippen molar-refractivity contribution in [2.45, 2.75) is 43.5 Å². The molecule has 144 valence electrons. The predicted octanol–water partition coefficient (Wildman–Crippen LogP) is 2.14. The van der Waals surface area contributed by atoms with Gasteiger partial charge in [0.1, 0.15) is 11.6 Å². The van der Waals surface area contributed by atoms with Gasteiger partial charge < -0.3 is 5.32 Å². The number of nitrogens with one attached hydrogen (secondary N) is 1. The average Bonchev–Trinajstić information content (AvgIpc) is 2.69. The van der Waals surface area contributed by atoms with Gasteiger partial charge in [0.15, 0.2) is 0 Å². The van der Waals surface area contributed by atoms with Crippen molar-refractivity contribution < 1.29 is 12.8 Å². The van der Waals surface area contributed by atoms with E-state index >= 15 is 0 Å². The molecule has 8 heteroatoms. The Balaban J connectivity index is 1.47. The largest absolute Gasteiger partial charge is 0.312 e. The lowest BCUT2D eigenvalue weighted by Gasteiger charge is -2.31. The van der Waals surface area contributed by atoms with Crippen LogP contribution in [0.4, 0.5) is 4.39 Å². The monoisotopic (exact) mass is 390 g/mol. The topological polar surface area (TPSA) is 75.2 Å². The molecule has 0 radical (unpaired) electrons. The predicted molar refractivity (Wildman–Crippen MR) is 99.3 cm³/mol. The van der Waals surface area contributed by atoms with Crippen LogP contribution in [0.5, 0.6) is 0 Å². The Labute approximate surface area is 158 Å². The van der Waals surface area contributed by atoms with Gasteiger partial charge in [0.2, 0.25) is 10.0 Å². The fourth-order valence-corrected chi connectivity index (χ4v) is 5.17. The lowest BCUT2D eigenvalue weighted by atomic mass is 9.96. The molecule has 1 fully saturated rings. The second-order valence-electron chi connectivity index (χ2n) is 7.22. The number of fused-ring (bicyclic) bond motifs is 1. The molecule has 1 aromatic carbocycles. The highest BCUT2D eigenvalue weighted by atomic mass is 32.2. The first-order valence-electron chi connectivity index (χ1n) is 9.27. The number of aryl methyl sites for hydroxylation is 1. The summed E-state index contributed by atoms with van der Waals surface area (Å²) < 4.78 is 40.8. The summed E-state index contributed by atoms with van der Waals surface area (Å²) in [7, 11) is -3.68. The molecular formula is C19H23FN4O2S.